The van der Waals surface area contributed by atoms with E-state index in [4.69, 9.17) is 4.74 Å². The first kappa shape index (κ1) is 10.3. The average molecular weight is 291 g/mol. The lowest BCUT2D eigenvalue weighted by Crippen LogP contribution is -2.12. The summed E-state index contributed by atoms with van der Waals surface area (Å²) in [5.74, 6) is 0. The van der Waals surface area contributed by atoms with Crippen LogP contribution in [0, 0.1) is 3.57 Å². The quantitative estimate of drug-likeness (QED) is 0.851. The summed E-state index contributed by atoms with van der Waals surface area (Å²) in [4.78, 5) is 11.0. The Morgan fingerprint density at radius 1 is 1.46 bits per heavy atom. The third-order valence-corrected chi connectivity index (χ3v) is 2.09. The molecule has 13 heavy (non-hydrogen) atoms. The van der Waals surface area contributed by atoms with Crippen LogP contribution in [-0.2, 0) is 4.74 Å². The molecule has 0 atom stereocenters. The molecule has 0 unspecified atom stereocenters. The molecule has 0 heterocycles. The van der Waals surface area contributed by atoms with Crippen LogP contribution >= 0.6 is 22.6 Å². The molecular formula is C9H10INO2. The number of anilines is 1. The van der Waals surface area contributed by atoms with Gasteiger partial charge in [-0.15, -0.1) is 0 Å². The van der Waals surface area contributed by atoms with Gasteiger partial charge in [0.05, 0.1) is 6.61 Å². The monoisotopic (exact) mass is 291 g/mol. The molecular weight excluding hydrogens is 281 g/mol. The van der Waals surface area contributed by atoms with Gasteiger partial charge in [-0.2, -0.15) is 0 Å². The zero-order valence-electron chi connectivity index (χ0n) is 7.21. The lowest BCUT2D eigenvalue weighted by molar-refractivity contribution is 0.168. The first-order valence-corrected chi connectivity index (χ1v) is 4.99. The molecule has 0 saturated heterocycles. The van der Waals surface area contributed by atoms with E-state index in [2.05, 4.69) is 27.9 Å². The minimum Gasteiger partial charge on any atom is -0.450 e. The zero-order chi connectivity index (χ0) is 9.68. The Morgan fingerprint density at radius 3 is 2.62 bits per heavy atom. The number of carbonyl (C=O) groups excluding carboxylic acids is 1. The lowest BCUT2D eigenvalue weighted by Gasteiger charge is -2.04. The van der Waals surface area contributed by atoms with Gasteiger partial charge in [0.15, 0.2) is 0 Å². The van der Waals surface area contributed by atoms with Gasteiger partial charge < -0.3 is 4.74 Å². The van der Waals surface area contributed by atoms with Crippen LogP contribution < -0.4 is 5.32 Å². The molecule has 4 heteroatoms. The van der Waals surface area contributed by atoms with E-state index in [0.29, 0.717) is 6.61 Å². The van der Waals surface area contributed by atoms with Crippen molar-refractivity contribution < 1.29 is 9.53 Å². The summed E-state index contributed by atoms with van der Waals surface area (Å²) in [6.45, 7) is 2.16. The number of amides is 1. The van der Waals surface area contributed by atoms with Crippen molar-refractivity contribution in [1.29, 1.82) is 0 Å². The summed E-state index contributed by atoms with van der Waals surface area (Å²) < 4.78 is 5.86. The minimum absolute atomic E-state index is 0.385. The first-order valence-electron chi connectivity index (χ1n) is 3.91. The molecule has 0 radical (unpaired) electrons. The molecule has 1 amide bonds. The van der Waals surface area contributed by atoms with Gasteiger partial charge in [-0.25, -0.2) is 4.79 Å². The Kier molecular flexibility index (Phi) is 4.01. The van der Waals surface area contributed by atoms with E-state index in [1.165, 1.54) is 0 Å². The van der Waals surface area contributed by atoms with Gasteiger partial charge in [-0.1, -0.05) is 0 Å². The molecule has 0 aliphatic heterocycles. The van der Waals surface area contributed by atoms with Crippen LogP contribution in [0.15, 0.2) is 24.3 Å². The number of hydrogen-bond donors (Lipinski definition) is 1. The molecule has 0 bridgehead atoms. The number of rotatable bonds is 2. The highest BCUT2D eigenvalue weighted by Gasteiger charge is 2.00. The smallest absolute Gasteiger partial charge is 0.411 e. The predicted molar refractivity (Wildman–Crippen MR) is 59.8 cm³/mol. The van der Waals surface area contributed by atoms with Crippen molar-refractivity contribution in [3.63, 3.8) is 0 Å². The molecule has 0 aliphatic rings. The summed E-state index contributed by atoms with van der Waals surface area (Å²) in [5.41, 5.74) is 0.749. The second kappa shape index (κ2) is 5.06. The molecule has 0 aliphatic carbocycles. The Labute approximate surface area is 90.6 Å². The maximum absolute atomic E-state index is 11.0. The third-order valence-electron chi connectivity index (χ3n) is 1.37. The van der Waals surface area contributed by atoms with Crippen molar-refractivity contribution in [1.82, 2.24) is 0 Å². The number of halogens is 1. The van der Waals surface area contributed by atoms with Crippen LogP contribution in [0.1, 0.15) is 6.92 Å². The minimum atomic E-state index is -0.413. The topological polar surface area (TPSA) is 38.3 Å². The van der Waals surface area contributed by atoms with Crippen molar-refractivity contribution >= 4 is 34.4 Å². The van der Waals surface area contributed by atoms with Crippen LogP contribution in [0.3, 0.4) is 0 Å². The molecule has 3 nitrogen and oxygen atoms in total. The van der Waals surface area contributed by atoms with E-state index in [-0.39, 0.29) is 0 Å². The summed E-state index contributed by atoms with van der Waals surface area (Å²) in [6.07, 6.45) is -0.413. The maximum atomic E-state index is 11.0. The van der Waals surface area contributed by atoms with Crippen LogP contribution in [0.2, 0.25) is 0 Å². The number of carbonyl (C=O) groups is 1. The van der Waals surface area contributed by atoms with Gasteiger partial charge in [0.1, 0.15) is 0 Å². The normalized spacial score (nSPS) is 9.38. The van der Waals surface area contributed by atoms with Gasteiger partial charge in [0.2, 0.25) is 0 Å². The van der Waals surface area contributed by atoms with E-state index in [9.17, 15) is 4.79 Å². The third kappa shape index (κ3) is 3.63. The van der Waals surface area contributed by atoms with E-state index < -0.39 is 6.09 Å². The van der Waals surface area contributed by atoms with E-state index in [1.54, 1.807) is 6.92 Å². The van der Waals surface area contributed by atoms with Gasteiger partial charge in [0, 0.05) is 9.26 Å². The number of hydrogen-bond acceptors (Lipinski definition) is 2. The molecule has 0 saturated carbocycles. The van der Waals surface area contributed by atoms with Gasteiger partial charge in [0.25, 0.3) is 0 Å². The zero-order valence-corrected chi connectivity index (χ0v) is 9.37. The fraction of sp³-hybridized carbons (Fsp3) is 0.222. The SMILES string of the molecule is CCOC(=O)Nc1ccc(I)cc1. The van der Waals surface area contributed by atoms with Crippen LogP contribution in [-0.4, -0.2) is 12.7 Å². The molecule has 1 rings (SSSR count). The molecule has 0 fully saturated rings. The highest BCUT2D eigenvalue weighted by atomic mass is 127. The van der Waals surface area contributed by atoms with Gasteiger partial charge in [-0.05, 0) is 53.8 Å². The average Bonchev–Trinajstić information content (AvgIpc) is 2.09. The number of nitrogens with one attached hydrogen (secondary N) is 1. The second-order valence-corrected chi connectivity index (χ2v) is 3.60. The van der Waals surface area contributed by atoms with E-state index in [0.717, 1.165) is 9.26 Å². The summed E-state index contributed by atoms with van der Waals surface area (Å²) in [6, 6.07) is 7.50. The van der Waals surface area contributed by atoms with Crippen LogP contribution in [0.5, 0.6) is 0 Å². The summed E-state index contributed by atoms with van der Waals surface area (Å²) >= 11 is 2.20. The van der Waals surface area contributed by atoms with Crippen molar-refractivity contribution in [2.75, 3.05) is 11.9 Å². The molecule has 0 spiro atoms. The molecule has 70 valence electrons. The van der Waals surface area contributed by atoms with Crippen LogP contribution in [0.25, 0.3) is 0 Å². The molecule has 0 aromatic heterocycles. The second-order valence-electron chi connectivity index (χ2n) is 2.35. The van der Waals surface area contributed by atoms with Crippen LogP contribution in [0.4, 0.5) is 10.5 Å². The first-order chi connectivity index (χ1) is 6.22. The fourth-order valence-electron chi connectivity index (χ4n) is 0.818. The summed E-state index contributed by atoms with van der Waals surface area (Å²) in [7, 11) is 0. The van der Waals surface area contributed by atoms with Crippen molar-refractivity contribution in [3.8, 4) is 0 Å². The number of ether oxygens (including phenoxy) is 1. The standard InChI is InChI=1S/C9H10INO2/c1-2-13-9(12)11-8-5-3-7(10)4-6-8/h3-6H,2H2,1H3,(H,11,12). The van der Waals surface area contributed by atoms with Gasteiger partial charge >= 0.3 is 6.09 Å². The highest BCUT2D eigenvalue weighted by molar-refractivity contribution is 14.1. The van der Waals surface area contributed by atoms with Crippen molar-refractivity contribution in [3.05, 3.63) is 27.8 Å². The van der Waals surface area contributed by atoms with E-state index in [1.807, 2.05) is 24.3 Å². The molecule has 1 N–H and O–H groups in total. The largest absolute Gasteiger partial charge is 0.450 e. The highest BCUT2D eigenvalue weighted by Crippen LogP contribution is 2.11. The summed E-state index contributed by atoms with van der Waals surface area (Å²) in [5, 5.41) is 2.61. The fourth-order valence-corrected chi connectivity index (χ4v) is 1.18. The molecule has 1 aromatic rings. The Hall–Kier alpha value is -0.780. The predicted octanol–water partition coefficient (Wildman–Crippen LogP) is 2.86. The maximum Gasteiger partial charge on any atom is 0.411 e. The van der Waals surface area contributed by atoms with Crippen molar-refractivity contribution in [2.45, 2.75) is 6.92 Å². The molecule has 1 aromatic carbocycles. The Balaban J connectivity index is 2.54. The Bertz CT molecular complexity index is 284. The number of benzene rings is 1. The lowest BCUT2D eigenvalue weighted by atomic mass is 10.3. The van der Waals surface area contributed by atoms with Gasteiger partial charge in [-0.3, -0.25) is 5.32 Å². The Morgan fingerprint density at radius 2 is 2.08 bits per heavy atom. The van der Waals surface area contributed by atoms with Crippen molar-refractivity contribution in [2.24, 2.45) is 0 Å². The van der Waals surface area contributed by atoms with E-state index >= 15 is 0 Å².